The number of amides is 3. The zero-order valence-corrected chi connectivity index (χ0v) is 32.1. The van der Waals surface area contributed by atoms with E-state index in [0.29, 0.717) is 26.1 Å². The van der Waals surface area contributed by atoms with Crippen LogP contribution in [-0.4, -0.2) is 74.8 Å². The summed E-state index contributed by atoms with van der Waals surface area (Å²) in [7, 11) is -0.826. The van der Waals surface area contributed by atoms with Crippen molar-refractivity contribution in [3.8, 4) is 5.75 Å². The summed E-state index contributed by atoms with van der Waals surface area (Å²) in [4.78, 5) is 48.6. The van der Waals surface area contributed by atoms with Crippen LogP contribution in [0.3, 0.4) is 0 Å². The number of rotatable bonds is 9. The van der Waals surface area contributed by atoms with Crippen molar-refractivity contribution >= 4 is 42.4 Å². The summed E-state index contributed by atoms with van der Waals surface area (Å²) in [6.45, 7) is 8.35. The maximum absolute atomic E-state index is 15.3. The largest absolute Gasteiger partial charge is 0.497 e. The molecular weight excluding hydrogens is 671 g/mol. The van der Waals surface area contributed by atoms with Crippen molar-refractivity contribution in [2.45, 2.75) is 101 Å². The number of aliphatic hydroxyl groups excluding tert-OH is 1. The summed E-state index contributed by atoms with van der Waals surface area (Å²) in [5, 5.41) is 11.3. The molecule has 0 saturated carbocycles. The molecule has 4 aliphatic rings. The first-order valence-corrected chi connectivity index (χ1v) is 22.2. The molecule has 10 heteroatoms. The molecule has 5 atom stereocenters. The standard InChI is InChI=1S/C42H53N3O6Si/c1-29-40(52(3,4)34-20-18-33(50-2)19-21-34)37(26-39(48)44-24-12-15-32(44)28-46)51-42(29)35-25-31(43-23-11-6-5-10-16-38(43)47)17-22-36(35)45(41(42)49)27-30-13-8-7-9-14-30/h7-9,13-14,17-22,25,29,32,37,40,46H,5-6,10-12,15-16,23-24,26-28H2,1-4H3/t29-,32+,37+,40-,42+/m1/s1. The molecule has 1 spiro atoms. The highest BCUT2D eigenvalue weighted by Gasteiger charge is 2.66. The molecule has 9 nitrogen and oxygen atoms in total. The second kappa shape index (κ2) is 14.8. The van der Waals surface area contributed by atoms with Crippen molar-refractivity contribution in [1.82, 2.24) is 4.90 Å². The first-order chi connectivity index (χ1) is 25.1. The zero-order valence-electron chi connectivity index (χ0n) is 31.1. The van der Waals surface area contributed by atoms with Gasteiger partial charge in [0.2, 0.25) is 11.8 Å². The van der Waals surface area contributed by atoms with Crippen LogP contribution in [-0.2, 0) is 31.3 Å². The number of nitrogens with zero attached hydrogens (tertiary/aromatic N) is 3. The van der Waals surface area contributed by atoms with Gasteiger partial charge in [-0.25, -0.2) is 0 Å². The lowest BCUT2D eigenvalue weighted by Crippen LogP contribution is -2.52. The summed E-state index contributed by atoms with van der Waals surface area (Å²) in [5.41, 5.74) is 1.91. The van der Waals surface area contributed by atoms with E-state index in [1.54, 1.807) is 7.11 Å². The Balaban J connectivity index is 1.35. The average Bonchev–Trinajstić information content (AvgIpc) is 3.81. The number of hydrogen-bond acceptors (Lipinski definition) is 6. The van der Waals surface area contributed by atoms with E-state index in [1.807, 2.05) is 75.4 Å². The van der Waals surface area contributed by atoms with Crippen molar-refractivity contribution in [3.05, 3.63) is 83.9 Å². The van der Waals surface area contributed by atoms with Crippen LogP contribution in [0.5, 0.6) is 5.75 Å². The van der Waals surface area contributed by atoms with Gasteiger partial charge >= 0.3 is 0 Å². The topological polar surface area (TPSA) is 99.6 Å². The molecule has 3 fully saturated rings. The predicted molar refractivity (Wildman–Crippen MR) is 206 cm³/mol. The van der Waals surface area contributed by atoms with Gasteiger partial charge in [-0.15, -0.1) is 0 Å². The van der Waals surface area contributed by atoms with Gasteiger partial charge in [-0.2, -0.15) is 0 Å². The van der Waals surface area contributed by atoms with Crippen molar-refractivity contribution < 1.29 is 29.0 Å². The smallest absolute Gasteiger partial charge is 0.264 e. The zero-order chi connectivity index (χ0) is 36.6. The third kappa shape index (κ3) is 6.36. The summed E-state index contributed by atoms with van der Waals surface area (Å²) < 4.78 is 12.8. The third-order valence-corrected chi connectivity index (χ3v) is 16.8. The van der Waals surface area contributed by atoms with Gasteiger partial charge in [0.25, 0.3) is 5.91 Å². The van der Waals surface area contributed by atoms with Gasteiger partial charge in [0.15, 0.2) is 5.60 Å². The van der Waals surface area contributed by atoms with Crippen LogP contribution < -0.4 is 19.7 Å². The van der Waals surface area contributed by atoms with Gasteiger partial charge in [-0.3, -0.25) is 14.4 Å². The second-order valence-corrected chi connectivity index (χ2v) is 20.4. The van der Waals surface area contributed by atoms with Crippen LogP contribution in [0.4, 0.5) is 11.4 Å². The number of likely N-dealkylation sites (tertiary alicyclic amines) is 1. The fourth-order valence-electron chi connectivity index (χ4n) is 9.67. The average molecular weight is 724 g/mol. The number of hydrogen-bond donors (Lipinski definition) is 1. The molecule has 3 saturated heterocycles. The summed E-state index contributed by atoms with van der Waals surface area (Å²) >= 11 is 0. The van der Waals surface area contributed by atoms with Gasteiger partial charge in [0, 0.05) is 36.7 Å². The van der Waals surface area contributed by atoms with Crippen molar-refractivity contribution in [2.75, 3.05) is 36.6 Å². The summed E-state index contributed by atoms with van der Waals surface area (Å²) in [5.74, 6) is 0.440. The molecule has 4 heterocycles. The fraction of sp³-hybridized carbons (Fsp3) is 0.500. The van der Waals surface area contributed by atoms with E-state index in [1.165, 1.54) is 5.19 Å². The number of anilines is 2. The van der Waals surface area contributed by atoms with Crippen LogP contribution in [0, 0.1) is 5.92 Å². The lowest BCUT2D eigenvalue weighted by molar-refractivity contribution is -0.150. The van der Waals surface area contributed by atoms with Crippen molar-refractivity contribution in [1.29, 1.82) is 0 Å². The van der Waals surface area contributed by atoms with E-state index in [-0.39, 0.29) is 48.3 Å². The molecule has 1 N–H and O–H groups in total. The minimum atomic E-state index is -2.49. The number of carbonyl (C=O) groups is 3. The first kappa shape index (κ1) is 36.4. The Morgan fingerprint density at radius 3 is 2.44 bits per heavy atom. The lowest BCUT2D eigenvalue weighted by atomic mass is 9.82. The maximum atomic E-state index is 15.3. The van der Waals surface area contributed by atoms with E-state index in [9.17, 15) is 14.7 Å². The molecule has 3 amide bonds. The molecule has 0 radical (unpaired) electrons. The Morgan fingerprint density at radius 2 is 1.71 bits per heavy atom. The molecule has 3 aromatic carbocycles. The van der Waals surface area contributed by atoms with E-state index in [0.717, 1.165) is 66.8 Å². The number of aliphatic hydroxyl groups is 1. The van der Waals surface area contributed by atoms with Gasteiger partial charge < -0.3 is 29.3 Å². The van der Waals surface area contributed by atoms with Crippen LogP contribution in [0.25, 0.3) is 0 Å². The number of ether oxygens (including phenoxy) is 2. The number of methoxy groups -OCH3 is 1. The SMILES string of the molecule is COc1ccc([Si](C)(C)[C@H]2[C@H](CC(=O)N3CCC[C@H]3CO)O[C@@]3(C(=O)N(Cc4ccccc4)c4ccc(N5CCCCCCC5=O)cc43)[C@@H]2C)cc1. The highest BCUT2D eigenvalue weighted by Crippen LogP contribution is 2.60. The number of carbonyl (C=O) groups excluding carboxylic acids is 3. The van der Waals surface area contributed by atoms with Gasteiger partial charge in [-0.1, -0.05) is 80.5 Å². The molecule has 276 valence electrons. The molecule has 4 aliphatic heterocycles. The third-order valence-electron chi connectivity index (χ3n) is 12.4. The highest BCUT2D eigenvalue weighted by molar-refractivity contribution is 6.91. The van der Waals surface area contributed by atoms with Crippen LogP contribution in [0.2, 0.25) is 18.6 Å². The normalized spacial score (nSPS) is 26.5. The van der Waals surface area contributed by atoms with Gasteiger partial charge in [0.05, 0.1) is 52.6 Å². The Bertz CT molecular complexity index is 1780. The molecule has 0 aromatic heterocycles. The van der Waals surface area contributed by atoms with Crippen LogP contribution >= 0.6 is 0 Å². The van der Waals surface area contributed by atoms with Gasteiger partial charge in [-0.05, 0) is 67.1 Å². The minimum Gasteiger partial charge on any atom is -0.497 e. The fourth-order valence-corrected chi connectivity index (χ4v) is 13.7. The van der Waals surface area contributed by atoms with E-state index < -0.39 is 19.8 Å². The highest BCUT2D eigenvalue weighted by atomic mass is 28.3. The number of fused-ring (bicyclic) bond motifs is 2. The maximum Gasteiger partial charge on any atom is 0.264 e. The molecule has 7 rings (SSSR count). The molecule has 3 aromatic rings. The Labute approximate surface area is 308 Å². The second-order valence-electron chi connectivity index (χ2n) is 15.7. The molecule has 52 heavy (non-hydrogen) atoms. The number of benzene rings is 3. The summed E-state index contributed by atoms with van der Waals surface area (Å²) in [6, 6.07) is 24.1. The monoisotopic (exact) mass is 723 g/mol. The Hall–Kier alpha value is -3.99. The van der Waals surface area contributed by atoms with E-state index >= 15 is 4.79 Å². The Morgan fingerprint density at radius 1 is 0.962 bits per heavy atom. The van der Waals surface area contributed by atoms with Crippen molar-refractivity contribution in [3.63, 3.8) is 0 Å². The quantitative estimate of drug-likeness (QED) is 0.267. The predicted octanol–water partition coefficient (Wildman–Crippen LogP) is 6.13. The lowest BCUT2D eigenvalue weighted by Gasteiger charge is -2.37. The van der Waals surface area contributed by atoms with E-state index in [2.05, 4.69) is 32.2 Å². The Kier molecular flexibility index (Phi) is 10.3. The van der Waals surface area contributed by atoms with Crippen LogP contribution in [0.15, 0.2) is 72.8 Å². The van der Waals surface area contributed by atoms with Gasteiger partial charge in [0.1, 0.15) is 5.75 Å². The molecule has 0 bridgehead atoms. The molecular formula is C42H53N3O6Si. The summed E-state index contributed by atoms with van der Waals surface area (Å²) in [6.07, 6.45) is 5.69. The first-order valence-electron chi connectivity index (χ1n) is 19.1. The van der Waals surface area contributed by atoms with Crippen LogP contribution in [0.1, 0.15) is 69.4 Å². The van der Waals surface area contributed by atoms with Crippen molar-refractivity contribution in [2.24, 2.45) is 5.92 Å². The molecule has 0 unspecified atom stereocenters. The minimum absolute atomic E-state index is 0.0397. The van der Waals surface area contributed by atoms with E-state index in [4.69, 9.17) is 9.47 Å². The molecule has 0 aliphatic carbocycles.